The number of nitrogen functional groups attached to an aromatic ring is 2. The van der Waals surface area contributed by atoms with Crippen molar-refractivity contribution in [2.45, 2.75) is 0 Å². The number of nitrogens with two attached hydrogens (primary N) is 2. The van der Waals surface area contributed by atoms with Gasteiger partial charge in [-0.05, 0) is 30.3 Å². The second-order valence-corrected chi connectivity index (χ2v) is 4.68. The molecule has 2 aromatic carbocycles. The highest BCUT2D eigenvalue weighted by Crippen LogP contribution is 2.22. The van der Waals surface area contributed by atoms with E-state index in [1.165, 1.54) is 0 Å². The average molecular weight is 320 g/mol. The van der Waals surface area contributed by atoms with Gasteiger partial charge in [0, 0.05) is 33.7 Å². The van der Waals surface area contributed by atoms with Crippen molar-refractivity contribution >= 4 is 50.3 Å². The Hall–Kier alpha value is -3.29. The van der Waals surface area contributed by atoms with Crippen LogP contribution >= 0.6 is 0 Å². The van der Waals surface area contributed by atoms with Crippen molar-refractivity contribution in [2.75, 3.05) is 11.5 Å². The number of hydrogen-bond acceptors (Lipinski definition) is 6. The molecule has 0 saturated heterocycles. The van der Waals surface area contributed by atoms with Crippen molar-refractivity contribution in [3.63, 3.8) is 0 Å². The molecule has 0 aliphatic carbocycles. The first-order valence-corrected chi connectivity index (χ1v) is 6.40. The molecular formula is C14H14B2N6O2. The van der Waals surface area contributed by atoms with Crippen LogP contribution in [0.1, 0.15) is 0 Å². The van der Waals surface area contributed by atoms with Crippen LogP contribution in [0.2, 0.25) is 0 Å². The molecule has 0 aliphatic rings. The van der Waals surface area contributed by atoms with Crippen molar-refractivity contribution in [3.8, 4) is 11.5 Å². The quantitative estimate of drug-likeness (QED) is 0.265. The number of rotatable bonds is 0. The van der Waals surface area contributed by atoms with Gasteiger partial charge in [0.05, 0.1) is 11.0 Å². The lowest BCUT2D eigenvalue weighted by Crippen LogP contribution is -1.83. The number of phenols is 2. The van der Waals surface area contributed by atoms with Crippen LogP contribution in [-0.4, -0.2) is 47.4 Å². The van der Waals surface area contributed by atoms with E-state index in [1.807, 2.05) is 0 Å². The molecule has 2 heterocycles. The van der Waals surface area contributed by atoms with Crippen LogP contribution in [0.3, 0.4) is 0 Å². The van der Waals surface area contributed by atoms with Crippen LogP contribution in [-0.2, 0) is 0 Å². The summed E-state index contributed by atoms with van der Waals surface area (Å²) in [6.07, 6.45) is 0. The van der Waals surface area contributed by atoms with Gasteiger partial charge in [-0.3, -0.25) is 10.2 Å². The van der Waals surface area contributed by atoms with Crippen LogP contribution in [0.15, 0.2) is 36.4 Å². The van der Waals surface area contributed by atoms with E-state index in [4.69, 9.17) is 21.7 Å². The average Bonchev–Trinajstić information content (AvgIpc) is 3.04. The summed E-state index contributed by atoms with van der Waals surface area (Å²) >= 11 is 0. The summed E-state index contributed by atoms with van der Waals surface area (Å²) in [7, 11) is 0. The summed E-state index contributed by atoms with van der Waals surface area (Å²) in [4.78, 5) is 0. The first-order valence-electron chi connectivity index (χ1n) is 6.40. The summed E-state index contributed by atoms with van der Waals surface area (Å²) in [5.74, 6) is 1.28. The molecule has 0 unspecified atom stereocenters. The molecule has 8 N–H and O–H groups in total. The number of nitrogens with one attached hydrogen (secondary N) is 2. The largest absolute Gasteiger partial charge is 0.508 e. The van der Waals surface area contributed by atoms with Gasteiger partial charge in [-0.1, -0.05) is 0 Å². The van der Waals surface area contributed by atoms with E-state index in [-0.39, 0.29) is 28.3 Å². The summed E-state index contributed by atoms with van der Waals surface area (Å²) in [5, 5.41) is 32.7. The molecule has 0 saturated carbocycles. The molecule has 0 bridgehead atoms. The molecule has 0 aliphatic heterocycles. The Morgan fingerprint density at radius 2 is 1.25 bits per heavy atom. The fraction of sp³-hybridized carbons (Fsp3) is 0. The predicted molar refractivity (Wildman–Crippen MR) is 95.8 cm³/mol. The third kappa shape index (κ3) is 3.54. The molecule has 4 rings (SSSR count). The van der Waals surface area contributed by atoms with Gasteiger partial charge in [0.1, 0.15) is 11.5 Å². The molecule has 0 fully saturated rings. The van der Waals surface area contributed by atoms with Crippen molar-refractivity contribution in [3.05, 3.63) is 36.4 Å². The second kappa shape index (κ2) is 7.32. The highest BCUT2D eigenvalue weighted by Gasteiger charge is 2.01. The summed E-state index contributed by atoms with van der Waals surface area (Å²) in [6, 6.07) is 9.78. The lowest BCUT2D eigenvalue weighted by Gasteiger charge is -1.90. The van der Waals surface area contributed by atoms with Crippen LogP contribution in [0.25, 0.3) is 21.8 Å². The Balaban J connectivity index is 0.000000222. The Morgan fingerprint density at radius 3 is 1.96 bits per heavy atom. The zero-order chi connectivity index (χ0) is 15.7. The van der Waals surface area contributed by atoms with Gasteiger partial charge >= 0.3 is 0 Å². The Bertz CT molecular complexity index is 953. The van der Waals surface area contributed by atoms with E-state index in [0.717, 1.165) is 21.8 Å². The van der Waals surface area contributed by atoms with Gasteiger partial charge in [-0.25, -0.2) is 0 Å². The van der Waals surface area contributed by atoms with E-state index in [9.17, 15) is 0 Å². The normalized spacial score (nSPS) is 9.67. The number of nitrogens with zero attached hydrogens (tertiary/aromatic N) is 2. The number of H-pyrrole nitrogens is 2. The molecule has 6 radical (unpaired) electrons. The van der Waals surface area contributed by atoms with E-state index in [0.29, 0.717) is 11.6 Å². The highest BCUT2D eigenvalue weighted by atomic mass is 16.3. The third-order valence-corrected chi connectivity index (χ3v) is 3.15. The predicted octanol–water partition coefficient (Wildman–Crippen LogP) is 0.940. The fourth-order valence-electron chi connectivity index (χ4n) is 2.05. The first kappa shape index (κ1) is 18.8. The van der Waals surface area contributed by atoms with Crippen LogP contribution in [0, 0.1) is 0 Å². The van der Waals surface area contributed by atoms with Crippen molar-refractivity contribution in [2.24, 2.45) is 0 Å². The zero-order valence-corrected chi connectivity index (χ0v) is 12.6. The number of hydrogen-bond donors (Lipinski definition) is 6. The topological polar surface area (TPSA) is 150 Å². The summed E-state index contributed by atoms with van der Waals surface area (Å²) < 4.78 is 0. The molecule has 118 valence electrons. The minimum atomic E-state index is 0. The summed E-state index contributed by atoms with van der Waals surface area (Å²) in [5.41, 5.74) is 12.6. The van der Waals surface area contributed by atoms with Crippen LogP contribution in [0.4, 0.5) is 11.6 Å². The standard InChI is InChI=1S/2C7H7N3O.2B/c8-7-5-3-4(11)1-2-6(5)9-10-7;8-7-5-2-1-4(11)3-6(5)9-10-7;;/h2*1-3,11H,(H3,8,9,10);;. The molecule has 0 spiro atoms. The molecule has 2 aromatic heterocycles. The third-order valence-electron chi connectivity index (χ3n) is 3.15. The van der Waals surface area contributed by atoms with Gasteiger partial charge in [0.15, 0.2) is 11.6 Å². The van der Waals surface area contributed by atoms with E-state index >= 15 is 0 Å². The number of fused-ring (bicyclic) bond motifs is 2. The molecular weight excluding hydrogens is 306 g/mol. The number of benzene rings is 2. The molecule has 10 heteroatoms. The number of aromatic hydroxyl groups is 2. The maximum atomic E-state index is 9.08. The fourth-order valence-corrected chi connectivity index (χ4v) is 2.05. The zero-order valence-electron chi connectivity index (χ0n) is 12.6. The van der Waals surface area contributed by atoms with Crippen LogP contribution < -0.4 is 11.5 Å². The number of anilines is 2. The minimum absolute atomic E-state index is 0. The molecule has 24 heavy (non-hydrogen) atoms. The molecule has 0 amide bonds. The Labute approximate surface area is 141 Å². The number of phenolic OH excluding ortho intramolecular Hbond substituents is 2. The van der Waals surface area contributed by atoms with Gasteiger partial charge in [-0.2, -0.15) is 10.2 Å². The first-order chi connectivity index (χ1) is 10.5. The van der Waals surface area contributed by atoms with E-state index in [2.05, 4.69) is 20.4 Å². The smallest absolute Gasteiger partial charge is 0.153 e. The lowest BCUT2D eigenvalue weighted by atomic mass is 10.2. The molecule has 8 nitrogen and oxygen atoms in total. The Morgan fingerprint density at radius 1 is 0.708 bits per heavy atom. The lowest BCUT2D eigenvalue weighted by molar-refractivity contribution is 0.475. The Kier molecular flexibility index (Phi) is 5.72. The second-order valence-electron chi connectivity index (χ2n) is 4.68. The monoisotopic (exact) mass is 320 g/mol. The van der Waals surface area contributed by atoms with Crippen molar-refractivity contribution in [1.82, 2.24) is 20.4 Å². The van der Waals surface area contributed by atoms with E-state index < -0.39 is 0 Å². The minimum Gasteiger partial charge on any atom is -0.508 e. The van der Waals surface area contributed by atoms with Gasteiger partial charge < -0.3 is 21.7 Å². The molecule has 4 aromatic rings. The van der Waals surface area contributed by atoms with Gasteiger partial charge in [0.2, 0.25) is 0 Å². The highest BCUT2D eigenvalue weighted by molar-refractivity contribution is 5.90. The van der Waals surface area contributed by atoms with Crippen LogP contribution in [0.5, 0.6) is 11.5 Å². The number of aromatic nitrogens is 4. The maximum Gasteiger partial charge on any atom is 0.153 e. The summed E-state index contributed by atoms with van der Waals surface area (Å²) in [6.45, 7) is 0. The van der Waals surface area contributed by atoms with Gasteiger partial charge in [0.25, 0.3) is 0 Å². The number of aromatic amines is 2. The van der Waals surface area contributed by atoms with Gasteiger partial charge in [-0.15, -0.1) is 0 Å². The van der Waals surface area contributed by atoms with Crippen molar-refractivity contribution in [1.29, 1.82) is 0 Å². The molecule has 0 atom stereocenters. The maximum absolute atomic E-state index is 9.08. The van der Waals surface area contributed by atoms with E-state index in [1.54, 1.807) is 36.4 Å². The SMILES string of the molecule is Nc1n[nH]c2cc(O)ccc12.Nc1n[nH]c2ccc(O)cc12.[B].[B]. The van der Waals surface area contributed by atoms with Crippen molar-refractivity contribution < 1.29 is 10.2 Å².